The van der Waals surface area contributed by atoms with Crippen LogP contribution < -0.4 is 4.74 Å². The molecule has 124 valence electrons. The molecule has 5 nitrogen and oxygen atoms in total. The van der Waals surface area contributed by atoms with E-state index >= 15 is 0 Å². The summed E-state index contributed by atoms with van der Waals surface area (Å²) in [6.45, 7) is 2.78. The average Bonchev–Trinajstić information content (AvgIpc) is 2.34. The van der Waals surface area contributed by atoms with Gasteiger partial charge in [0.05, 0.1) is 3.57 Å². The van der Waals surface area contributed by atoms with Gasteiger partial charge in [0.2, 0.25) is 0 Å². The van der Waals surface area contributed by atoms with Gasteiger partial charge in [-0.25, -0.2) is 9.59 Å². The number of benzene rings is 1. The van der Waals surface area contributed by atoms with E-state index in [9.17, 15) is 22.8 Å². The third-order valence-electron chi connectivity index (χ3n) is 2.61. The van der Waals surface area contributed by atoms with Crippen LogP contribution in [0.2, 0.25) is 0 Å². The molecule has 2 rings (SSSR count). The van der Waals surface area contributed by atoms with Gasteiger partial charge in [0.25, 0.3) is 5.79 Å². The van der Waals surface area contributed by atoms with Crippen LogP contribution >= 0.6 is 22.6 Å². The molecule has 1 aliphatic heterocycles. The Morgan fingerprint density at radius 1 is 1.17 bits per heavy atom. The van der Waals surface area contributed by atoms with Crippen molar-refractivity contribution in [2.45, 2.75) is 26.0 Å². The van der Waals surface area contributed by atoms with Crippen LogP contribution in [-0.4, -0.2) is 24.1 Å². The van der Waals surface area contributed by atoms with E-state index in [1.165, 1.54) is 26.0 Å². The van der Waals surface area contributed by atoms with Crippen LogP contribution in [0.25, 0.3) is 6.08 Å². The van der Waals surface area contributed by atoms with Crippen molar-refractivity contribution in [3.63, 3.8) is 0 Å². The fourth-order valence-electron chi connectivity index (χ4n) is 1.76. The van der Waals surface area contributed by atoms with E-state index in [0.29, 0.717) is 0 Å². The highest BCUT2D eigenvalue weighted by molar-refractivity contribution is 14.1. The zero-order valence-corrected chi connectivity index (χ0v) is 14.0. The molecule has 0 atom stereocenters. The van der Waals surface area contributed by atoms with Crippen LogP contribution in [0.1, 0.15) is 19.4 Å². The molecule has 23 heavy (non-hydrogen) atoms. The lowest BCUT2D eigenvalue weighted by atomic mass is 10.1. The molecule has 0 aliphatic carbocycles. The maximum atomic E-state index is 12.3. The van der Waals surface area contributed by atoms with E-state index in [1.54, 1.807) is 22.6 Å². The lowest BCUT2D eigenvalue weighted by Crippen LogP contribution is -2.41. The first-order valence-corrected chi connectivity index (χ1v) is 7.28. The standard InChI is InChI=1S/C14H10F3IO5/c1-13(2)22-11(19)8(12(20)23-13)5-7-3-4-9(18)10(6-7)21-14(15,16)17/h3-6H,1-2H3. The molecular weight excluding hydrogens is 432 g/mol. The second-order valence-corrected chi connectivity index (χ2v) is 6.14. The zero-order chi connectivity index (χ0) is 17.4. The van der Waals surface area contributed by atoms with E-state index in [-0.39, 0.29) is 9.13 Å². The van der Waals surface area contributed by atoms with Gasteiger partial charge in [-0.05, 0) is 46.4 Å². The van der Waals surface area contributed by atoms with Gasteiger partial charge in [0, 0.05) is 13.8 Å². The second-order valence-electron chi connectivity index (χ2n) is 4.97. The van der Waals surface area contributed by atoms with Crippen molar-refractivity contribution in [3.05, 3.63) is 32.9 Å². The van der Waals surface area contributed by atoms with Crippen molar-refractivity contribution < 1.29 is 37.0 Å². The van der Waals surface area contributed by atoms with Crippen molar-refractivity contribution in [3.8, 4) is 5.75 Å². The Kier molecular flexibility index (Phi) is 4.60. The number of ether oxygens (including phenoxy) is 3. The van der Waals surface area contributed by atoms with E-state index in [1.807, 2.05) is 0 Å². The highest BCUT2D eigenvalue weighted by Crippen LogP contribution is 2.30. The Morgan fingerprint density at radius 2 is 1.74 bits per heavy atom. The van der Waals surface area contributed by atoms with Gasteiger partial charge in [0.15, 0.2) is 0 Å². The Labute approximate surface area is 142 Å². The molecule has 1 saturated heterocycles. The highest BCUT2D eigenvalue weighted by Gasteiger charge is 2.39. The maximum Gasteiger partial charge on any atom is 0.573 e. The summed E-state index contributed by atoms with van der Waals surface area (Å²) in [5.41, 5.74) is -0.253. The van der Waals surface area contributed by atoms with Crippen LogP contribution in [0.3, 0.4) is 0 Å². The van der Waals surface area contributed by atoms with Crippen LogP contribution in [0, 0.1) is 3.57 Å². The Morgan fingerprint density at radius 3 is 2.26 bits per heavy atom. The van der Waals surface area contributed by atoms with E-state index in [2.05, 4.69) is 4.74 Å². The Bertz CT molecular complexity index is 672. The molecule has 1 aliphatic rings. The lowest BCUT2D eigenvalue weighted by molar-refractivity contribution is -0.275. The molecule has 0 spiro atoms. The number of hydrogen-bond acceptors (Lipinski definition) is 5. The monoisotopic (exact) mass is 442 g/mol. The number of alkyl halides is 3. The van der Waals surface area contributed by atoms with Crippen LogP contribution in [0.15, 0.2) is 23.8 Å². The number of esters is 2. The Balaban J connectivity index is 2.34. The molecule has 0 unspecified atom stereocenters. The molecular formula is C14H10F3IO5. The second kappa shape index (κ2) is 6.02. The van der Waals surface area contributed by atoms with E-state index in [0.717, 1.165) is 12.1 Å². The van der Waals surface area contributed by atoms with E-state index in [4.69, 9.17) is 9.47 Å². The predicted molar refractivity (Wildman–Crippen MR) is 80.1 cm³/mol. The van der Waals surface area contributed by atoms with Gasteiger partial charge in [-0.15, -0.1) is 13.2 Å². The van der Waals surface area contributed by atoms with Crippen molar-refractivity contribution in [2.75, 3.05) is 0 Å². The fraction of sp³-hybridized carbons (Fsp3) is 0.286. The minimum absolute atomic E-state index is 0.160. The van der Waals surface area contributed by atoms with Crippen LogP contribution in [0.4, 0.5) is 13.2 Å². The Hall–Kier alpha value is -1.78. The van der Waals surface area contributed by atoms with Gasteiger partial charge in [-0.1, -0.05) is 6.07 Å². The van der Waals surface area contributed by atoms with Gasteiger partial charge in [0.1, 0.15) is 11.3 Å². The normalized spacial score (nSPS) is 17.4. The van der Waals surface area contributed by atoms with Crippen molar-refractivity contribution in [1.29, 1.82) is 0 Å². The molecule has 0 aromatic heterocycles. The number of hydrogen-bond donors (Lipinski definition) is 0. The molecule has 0 saturated carbocycles. The summed E-state index contributed by atoms with van der Waals surface area (Å²) in [5, 5.41) is 0. The topological polar surface area (TPSA) is 61.8 Å². The van der Waals surface area contributed by atoms with Gasteiger partial charge >= 0.3 is 18.3 Å². The average molecular weight is 442 g/mol. The largest absolute Gasteiger partial charge is 0.573 e. The van der Waals surface area contributed by atoms with Crippen molar-refractivity contribution in [2.24, 2.45) is 0 Å². The molecule has 0 N–H and O–H groups in total. The van der Waals surface area contributed by atoms with Gasteiger partial charge in [-0.2, -0.15) is 0 Å². The number of halogens is 4. The zero-order valence-electron chi connectivity index (χ0n) is 11.9. The summed E-state index contributed by atoms with van der Waals surface area (Å²) >= 11 is 1.67. The van der Waals surface area contributed by atoms with E-state index < -0.39 is 35.4 Å². The first kappa shape index (κ1) is 17.6. The lowest BCUT2D eigenvalue weighted by Gasteiger charge is -2.29. The van der Waals surface area contributed by atoms with Crippen molar-refractivity contribution >= 4 is 40.6 Å². The third kappa shape index (κ3) is 4.60. The first-order valence-electron chi connectivity index (χ1n) is 6.20. The molecule has 1 heterocycles. The van der Waals surface area contributed by atoms with Gasteiger partial charge < -0.3 is 14.2 Å². The molecule has 9 heteroatoms. The SMILES string of the molecule is CC1(C)OC(=O)C(=Cc2ccc(I)c(OC(F)(F)F)c2)C(=O)O1. The summed E-state index contributed by atoms with van der Waals surface area (Å²) in [5.74, 6) is -3.65. The highest BCUT2D eigenvalue weighted by atomic mass is 127. The maximum absolute atomic E-state index is 12.3. The van der Waals surface area contributed by atoms with Gasteiger partial charge in [-0.3, -0.25) is 0 Å². The summed E-state index contributed by atoms with van der Waals surface area (Å²) in [6, 6.07) is 3.85. The molecule has 0 amide bonds. The summed E-state index contributed by atoms with van der Waals surface area (Å²) in [6.07, 6.45) is -3.77. The molecule has 1 aromatic carbocycles. The number of cyclic esters (lactones) is 2. The predicted octanol–water partition coefficient (Wildman–Crippen LogP) is 3.41. The van der Waals surface area contributed by atoms with Crippen LogP contribution in [0.5, 0.6) is 5.75 Å². The quantitative estimate of drug-likeness (QED) is 0.304. The van der Waals surface area contributed by atoms with Crippen LogP contribution in [-0.2, 0) is 19.1 Å². The molecule has 0 radical (unpaired) electrons. The summed E-state index contributed by atoms with van der Waals surface area (Å²) in [7, 11) is 0. The third-order valence-corrected chi connectivity index (χ3v) is 3.50. The smallest absolute Gasteiger partial charge is 0.419 e. The molecule has 0 bridgehead atoms. The van der Waals surface area contributed by atoms with Crippen molar-refractivity contribution in [1.82, 2.24) is 0 Å². The number of carbonyl (C=O) groups is 2. The minimum atomic E-state index is -4.85. The summed E-state index contributed by atoms with van der Waals surface area (Å²) in [4.78, 5) is 23.6. The summed E-state index contributed by atoms with van der Waals surface area (Å²) < 4.78 is 50.9. The minimum Gasteiger partial charge on any atom is -0.419 e. The fourth-order valence-corrected chi connectivity index (χ4v) is 2.20. The number of carbonyl (C=O) groups excluding carboxylic acids is 2. The number of rotatable bonds is 2. The first-order chi connectivity index (χ1) is 10.5. The molecule has 1 fully saturated rings. The molecule has 1 aromatic rings.